The maximum Gasteiger partial charge on any atom is 0.00398 e. The van der Waals surface area contributed by atoms with Crippen LogP contribution in [0.3, 0.4) is 0 Å². The summed E-state index contributed by atoms with van der Waals surface area (Å²) < 4.78 is 0. The van der Waals surface area contributed by atoms with Crippen LogP contribution < -0.4 is 5.73 Å². The summed E-state index contributed by atoms with van der Waals surface area (Å²) in [6.07, 6.45) is 4.24. The first-order valence-corrected chi connectivity index (χ1v) is 3.61. The van der Waals surface area contributed by atoms with Gasteiger partial charge in [0.2, 0.25) is 0 Å². The maximum absolute atomic E-state index is 5.61. The molecule has 1 unspecified atom stereocenters. The third-order valence-electron chi connectivity index (χ3n) is 1.65. The number of hydrogen-bond donors (Lipinski definition) is 1. The SMILES string of the molecule is C/C=C(\N)CC(C)CC. The normalized spacial score (nSPS) is 15.7. The highest BCUT2D eigenvalue weighted by Crippen LogP contribution is 2.09. The molecule has 0 rings (SSSR count). The highest BCUT2D eigenvalue weighted by Gasteiger charge is 1.97. The molecule has 0 amide bonds. The lowest BCUT2D eigenvalue weighted by atomic mass is 10.0. The Bertz CT molecular complexity index is 94.7. The molecule has 0 fully saturated rings. The van der Waals surface area contributed by atoms with Gasteiger partial charge in [-0.25, -0.2) is 0 Å². The van der Waals surface area contributed by atoms with E-state index >= 15 is 0 Å². The Morgan fingerprint density at radius 2 is 2.22 bits per heavy atom. The minimum absolute atomic E-state index is 0.737. The summed E-state index contributed by atoms with van der Waals surface area (Å²) in [5.41, 5.74) is 6.63. The smallest absolute Gasteiger partial charge is 0.00398 e. The van der Waals surface area contributed by atoms with Crippen molar-refractivity contribution in [3.05, 3.63) is 11.8 Å². The third kappa shape index (κ3) is 4.07. The molecule has 9 heavy (non-hydrogen) atoms. The fourth-order valence-electron chi connectivity index (χ4n) is 0.665. The minimum Gasteiger partial charge on any atom is -0.402 e. The molecule has 0 aromatic heterocycles. The van der Waals surface area contributed by atoms with Gasteiger partial charge in [0.25, 0.3) is 0 Å². The number of allylic oxidation sites excluding steroid dienone is 2. The topological polar surface area (TPSA) is 26.0 Å². The van der Waals surface area contributed by atoms with Crippen molar-refractivity contribution in [1.29, 1.82) is 0 Å². The first-order valence-electron chi connectivity index (χ1n) is 3.61. The summed E-state index contributed by atoms with van der Waals surface area (Å²) in [6.45, 7) is 6.39. The van der Waals surface area contributed by atoms with Crippen LogP contribution in [-0.4, -0.2) is 0 Å². The Kier molecular flexibility index (Phi) is 4.20. The van der Waals surface area contributed by atoms with Crippen molar-refractivity contribution in [3.63, 3.8) is 0 Å². The molecule has 0 aromatic carbocycles. The predicted octanol–water partition coefficient (Wildman–Crippen LogP) is 2.29. The van der Waals surface area contributed by atoms with Crippen LogP contribution in [0.4, 0.5) is 0 Å². The fraction of sp³-hybridized carbons (Fsp3) is 0.750. The van der Waals surface area contributed by atoms with E-state index in [9.17, 15) is 0 Å². The van der Waals surface area contributed by atoms with E-state index in [1.165, 1.54) is 6.42 Å². The fourth-order valence-corrected chi connectivity index (χ4v) is 0.665. The molecule has 0 radical (unpaired) electrons. The van der Waals surface area contributed by atoms with E-state index < -0.39 is 0 Å². The van der Waals surface area contributed by atoms with Gasteiger partial charge in [-0.3, -0.25) is 0 Å². The van der Waals surface area contributed by atoms with Gasteiger partial charge in [0.15, 0.2) is 0 Å². The van der Waals surface area contributed by atoms with Crippen molar-refractivity contribution in [2.45, 2.75) is 33.6 Å². The zero-order valence-electron chi connectivity index (χ0n) is 6.65. The average Bonchev–Trinajstić information content (AvgIpc) is 1.87. The summed E-state index contributed by atoms with van der Waals surface area (Å²) in [7, 11) is 0. The molecule has 0 aliphatic heterocycles. The highest BCUT2D eigenvalue weighted by molar-refractivity contribution is 4.94. The van der Waals surface area contributed by atoms with Gasteiger partial charge in [-0.2, -0.15) is 0 Å². The van der Waals surface area contributed by atoms with Gasteiger partial charge in [-0.05, 0) is 19.3 Å². The average molecular weight is 127 g/mol. The number of nitrogens with two attached hydrogens (primary N) is 1. The summed E-state index contributed by atoms with van der Waals surface area (Å²) in [4.78, 5) is 0. The Morgan fingerprint density at radius 3 is 2.56 bits per heavy atom. The van der Waals surface area contributed by atoms with Gasteiger partial charge in [-0.15, -0.1) is 0 Å². The second kappa shape index (κ2) is 4.42. The van der Waals surface area contributed by atoms with Crippen molar-refractivity contribution >= 4 is 0 Å². The minimum atomic E-state index is 0.737. The molecular formula is C8H17N. The van der Waals surface area contributed by atoms with Gasteiger partial charge in [0.1, 0.15) is 0 Å². The van der Waals surface area contributed by atoms with Crippen LogP contribution >= 0.6 is 0 Å². The molecular weight excluding hydrogens is 110 g/mol. The Labute approximate surface area is 57.9 Å². The second-order valence-corrected chi connectivity index (χ2v) is 2.58. The second-order valence-electron chi connectivity index (χ2n) is 2.58. The van der Waals surface area contributed by atoms with E-state index in [0.29, 0.717) is 0 Å². The molecule has 0 heterocycles. The quantitative estimate of drug-likeness (QED) is 0.618. The summed E-state index contributed by atoms with van der Waals surface area (Å²) in [6, 6.07) is 0. The van der Waals surface area contributed by atoms with Crippen molar-refractivity contribution in [2.75, 3.05) is 0 Å². The van der Waals surface area contributed by atoms with Crippen LogP contribution in [0.15, 0.2) is 11.8 Å². The highest BCUT2D eigenvalue weighted by atomic mass is 14.6. The lowest BCUT2D eigenvalue weighted by molar-refractivity contribution is 0.554. The molecule has 0 aliphatic carbocycles. The van der Waals surface area contributed by atoms with Crippen molar-refractivity contribution in [3.8, 4) is 0 Å². The van der Waals surface area contributed by atoms with E-state index in [1.807, 2.05) is 13.0 Å². The Balaban J connectivity index is 3.47. The van der Waals surface area contributed by atoms with Crippen LogP contribution in [0.5, 0.6) is 0 Å². The predicted molar refractivity (Wildman–Crippen MR) is 42.0 cm³/mol. The van der Waals surface area contributed by atoms with Gasteiger partial charge in [0.05, 0.1) is 0 Å². The van der Waals surface area contributed by atoms with E-state index in [2.05, 4.69) is 13.8 Å². The van der Waals surface area contributed by atoms with E-state index in [1.54, 1.807) is 0 Å². The molecule has 54 valence electrons. The Hall–Kier alpha value is -0.460. The van der Waals surface area contributed by atoms with Crippen LogP contribution in [0.25, 0.3) is 0 Å². The lowest BCUT2D eigenvalue weighted by Gasteiger charge is -2.06. The maximum atomic E-state index is 5.61. The molecule has 0 aliphatic rings. The van der Waals surface area contributed by atoms with Crippen molar-refractivity contribution in [2.24, 2.45) is 11.7 Å². The van der Waals surface area contributed by atoms with Gasteiger partial charge < -0.3 is 5.73 Å². The molecule has 0 saturated heterocycles. The van der Waals surface area contributed by atoms with Gasteiger partial charge in [-0.1, -0.05) is 26.3 Å². The first kappa shape index (κ1) is 8.54. The molecule has 0 bridgehead atoms. The molecule has 0 aromatic rings. The largest absolute Gasteiger partial charge is 0.402 e. The van der Waals surface area contributed by atoms with Gasteiger partial charge in [0, 0.05) is 5.70 Å². The third-order valence-corrected chi connectivity index (χ3v) is 1.65. The molecule has 1 nitrogen and oxygen atoms in total. The van der Waals surface area contributed by atoms with E-state index in [4.69, 9.17) is 5.73 Å². The summed E-state index contributed by atoms with van der Waals surface area (Å²) in [5, 5.41) is 0. The van der Waals surface area contributed by atoms with E-state index in [0.717, 1.165) is 18.0 Å². The van der Waals surface area contributed by atoms with Gasteiger partial charge >= 0.3 is 0 Å². The van der Waals surface area contributed by atoms with Crippen molar-refractivity contribution < 1.29 is 0 Å². The molecule has 1 heteroatoms. The van der Waals surface area contributed by atoms with Crippen LogP contribution in [0.2, 0.25) is 0 Å². The number of rotatable bonds is 3. The van der Waals surface area contributed by atoms with Crippen LogP contribution in [0, 0.1) is 5.92 Å². The van der Waals surface area contributed by atoms with Crippen molar-refractivity contribution in [1.82, 2.24) is 0 Å². The summed E-state index contributed by atoms with van der Waals surface area (Å²) in [5.74, 6) is 0.737. The van der Waals surface area contributed by atoms with E-state index in [-0.39, 0.29) is 0 Å². The molecule has 0 spiro atoms. The molecule has 0 saturated carbocycles. The standard InChI is InChI=1S/C8H17N/c1-4-7(3)6-8(9)5-2/h5,7H,4,6,9H2,1-3H3/b8-5-. The zero-order chi connectivity index (χ0) is 7.28. The Morgan fingerprint density at radius 1 is 1.67 bits per heavy atom. The van der Waals surface area contributed by atoms with Crippen LogP contribution in [-0.2, 0) is 0 Å². The van der Waals surface area contributed by atoms with Crippen LogP contribution in [0.1, 0.15) is 33.6 Å². The molecule has 2 N–H and O–H groups in total. The lowest BCUT2D eigenvalue weighted by Crippen LogP contribution is -2.02. The summed E-state index contributed by atoms with van der Waals surface area (Å²) >= 11 is 0. The zero-order valence-corrected chi connectivity index (χ0v) is 6.65. The molecule has 1 atom stereocenters. The monoisotopic (exact) mass is 127 g/mol. The number of hydrogen-bond acceptors (Lipinski definition) is 1. The first-order chi connectivity index (χ1) is 4.20.